The summed E-state index contributed by atoms with van der Waals surface area (Å²) in [5.74, 6) is -0.297. The summed E-state index contributed by atoms with van der Waals surface area (Å²) in [6.07, 6.45) is 0.161. The van der Waals surface area contributed by atoms with Gasteiger partial charge in [0.15, 0.2) is 11.5 Å². The lowest BCUT2D eigenvalue weighted by Gasteiger charge is -2.19. The predicted octanol–water partition coefficient (Wildman–Crippen LogP) is 3.51. The third-order valence-electron chi connectivity index (χ3n) is 4.21. The van der Waals surface area contributed by atoms with Crippen LogP contribution in [0, 0.1) is 0 Å². The van der Waals surface area contributed by atoms with Crippen LogP contribution in [0.5, 0.6) is 11.5 Å². The van der Waals surface area contributed by atoms with E-state index >= 15 is 0 Å². The van der Waals surface area contributed by atoms with E-state index in [9.17, 15) is 9.59 Å². The molecule has 1 unspecified atom stereocenters. The van der Waals surface area contributed by atoms with Crippen LogP contribution in [-0.4, -0.2) is 26.1 Å². The van der Waals surface area contributed by atoms with Crippen LogP contribution in [0.25, 0.3) is 0 Å². The van der Waals surface area contributed by atoms with E-state index in [1.54, 1.807) is 24.3 Å². The van der Waals surface area contributed by atoms with Crippen LogP contribution in [0.2, 0.25) is 0 Å². The van der Waals surface area contributed by atoms with Crippen LogP contribution in [0.4, 0.5) is 0 Å². The molecule has 1 atom stereocenters. The van der Waals surface area contributed by atoms with Crippen molar-refractivity contribution in [1.82, 2.24) is 5.32 Å². The monoisotopic (exact) mass is 395 g/mol. The molecule has 1 amide bonds. The lowest BCUT2D eigenvalue weighted by Crippen LogP contribution is -2.31. The maximum absolute atomic E-state index is 12.9. The van der Waals surface area contributed by atoms with Gasteiger partial charge in [0.25, 0.3) is 5.91 Å². The predicted molar refractivity (Wildman–Crippen MR) is 105 cm³/mol. The van der Waals surface area contributed by atoms with Gasteiger partial charge in [-0.25, -0.2) is 4.79 Å². The molecule has 0 saturated carbocycles. The van der Waals surface area contributed by atoms with E-state index in [4.69, 9.17) is 18.6 Å². The van der Waals surface area contributed by atoms with Gasteiger partial charge in [0, 0.05) is 12.1 Å². The van der Waals surface area contributed by atoms with Crippen molar-refractivity contribution in [1.29, 1.82) is 0 Å². The van der Waals surface area contributed by atoms with Crippen molar-refractivity contribution >= 4 is 11.9 Å². The van der Waals surface area contributed by atoms with Crippen LogP contribution in [-0.2, 0) is 16.1 Å². The van der Waals surface area contributed by atoms with Crippen molar-refractivity contribution < 1.29 is 28.2 Å². The van der Waals surface area contributed by atoms with E-state index in [1.165, 1.54) is 26.5 Å². The number of ether oxygens (including phenoxy) is 3. The molecule has 3 aromatic rings. The van der Waals surface area contributed by atoms with Gasteiger partial charge in [0.1, 0.15) is 0 Å². The maximum atomic E-state index is 12.9. The molecule has 2 aromatic carbocycles. The number of methoxy groups -OCH3 is 2. The van der Waals surface area contributed by atoms with Crippen LogP contribution >= 0.6 is 0 Å². The molecular weight excluding hydrogens is 374 g/mol. The van der Waals surface area contributed by atoms with E-state index in [-0.39, 0.29) is 5.76 Å². The quantitative estimate of drug-likeness (QED) is 0.588. The topological polar surface area (TPSA) is 87.0 Å². The van der Waals surface area contributed by atoms with Gasteiger partial charge in [0.2, 0.25) is 11.9 Å². The molecule has 0 saturated heterocycles. The summed E-state index contributed by atoms with van der Waals surface area (Å²) in [4.78, 5) is 25.3. The highest BCUT2D eigenvalue weighted by Crippen LogP contribution is 2.31. The number of furan rings is 1. The summed E-state index contributed by atoms with van der Waals surface area (Å²) in [5, 5.41) is 2.80. The van der Waals surface area contributed by atoms with Crippen molar-refractivity contribution in [3.05, 3.63) is 83.8 Å². The van der Waals surface area contributed by atoms with Crippen molar-refractivity contribution in [3.63, 3.8) is 0 Å². The molecule has 0 bridgehead atoms. The zero-order chi connectivity index (χ0) is 20.6. The lowest BCUT2D eigenvalue weighted by atomic mass is 10.1. The number of amides is 1. The highest BCUT2D eigenvalue weighted by atomic mass is 16.6. The number of esters is 1. The molecule has 1 N–H and O–H groups in total. The number of carbonyl (C=O) groups is 2. The first-order chi connectivity index (χ1) is 14.1. The summed E-state index contributed by atoms with van der Waals surface area (Å²) in [5.41, 5.74) is 1.36. The molecule has 29 heavy (non-hydrogen) atoms. The third kappa shape index (κ3) is 4.95. The van der Waals surface area contributed by atoms with E-state index < -0.39 is 18.0 Å². The Bertz CT molecular complexity index is 953. The molecule has 1 aromatic heterocycles. The zero-order valence-electron chi connectivity index (χ0n) is 16.1. The standard InChI is InChI=1S/C22H21NO6/c1-26-17-11-10-16(13-19(17)27-2)20(29-22(25)18-9-6-12-28-18)21(24)23-14-15-7-4-3-5-8-15/h3-13,20H,14H2,1-2H3,(H,23,24). The highest BCUT2D eigenvalue weighted by molar-refractivity contribution is 5.90. The number of rotatable bonds is 8. The average molecular weight is 395 g/mol. The molecule has 150 valence electrons. The Morgan fingerprint density at radius 2 is 1.72 bits per heavy atom. The number of nitrogens with one attached hydrogen (secondary N) is 1. The smallest absolute Gasteiger partial charge is 0.375 e. The summed E-state index contributed by atoms with van der Waals surface area (Å²) in [6, 6.07) is 17.3. The minimum atomic E-state index is -1.20. The number of hydrogen-bond acceptors (Lipinski definition) is 6. The molecular formula is C22H21NO6. The first-order valence-corrected chi connectivity index (χ1v) is 8.90. The van der Waals surface area contributed by atoms with Crippen molar-refractivity contribution in [2.75, 3.05) is 14.2 Å². The normalized spacial score (nSPS) is 11.4. The fourth-order valence-corrected chi connectivity index (χ4v) is 2.73. The second-order valence-corrected chi connectivity index (χ2v) is 6.08. The Morgan fingerprint density at radius 1 is 0.966 bits per heavy atom. The minimum absolute atomic E-state index is 0.00587. The Balaban J connectivity index is 1.84. The van der Waals surface area contributed by atoms with Gasteiger partial charge in [-0.15, -0.1) is 0 Å². The molecule has 0 fully saturated rings. The molecule has 3 rings (SSSR count). The first-order valence-electron chi connectivity index (χ1n) is 8.90. The van der Waals surface area contributed by atoms with E-state index in [0.717, 1.165) is 5.56 Å². The molecule has 7 heteroatoms. The highest BCUT2D eigenvalue weighted by Gasteiger charge is 2.27. The summed E-state index contributed by atoms with van der Waals surface area (Å²) >= 11 is 0. The largest absolute Gasteiger partial charge is 0.493 e. The SMILES string of the molecule is COc1ccc(C(OC(=O)c2ccco2)C(=O)NCc2ccccc2)cc1OC. The van der Waals surface area contributed by atoms with Crippen LogP contribution in [0.15, 0.2) is 71.3 Å². The third-order valence-corrected chi connectivity index (χ3v) is 4.21. The fourth-order valence-electron chi connectivity index (χ4n) is 2.73. The summed E-state index contributed by atoms with van der Waals surface area (Å²) in [6.45, 7) is 0.293. The van der Waals surface area contributed by atoms with Gasteiger partial charge >= 0.3 is 5.97 Å². The summed E-state index contributed by atoms with van der Waals surface area (Å²) < 4.78 is 21.1. The van der Waals surface area contributed by atoms with Crippen molar-refractivity contribution in [2.24, 2.45) is 0 Å². The Labute approximate surface area is 168 Å². The summed E-state index contributed by atoms with van der Waals surface area (Å²) in [7, 11) is 3.00. The minimum Gasteiger partial charge on any atom is -0.493 e. The molecule has 0 aliphatic rings. The molecule has 0 aliphatic carbocycles. The first kappa shape index (κ1) is 20.0. The number of carbonyl (C=O) groups excluding carboxylic acids is 2. The van der Waals surface area contributed by atoms with E-state index in [1.807, 2.05) is 30.3 Å². The Morgan fingerprint density at radius 3 is 2.38 bits per heavy atom. The van der Waals surface area contributed by atoms with E-state index in [2.05, 4.69) is 5.32 Å². The van der Waals surface area contributed by atoms with Gasteiger partial charge in [-0.1, -0.05) is 36.4 Å². The van der Waals surface area contributed by atoms with Gasteiger partial charge in [-0.2, -0.15) is 0 Å². The van der Waals surface area contributed by atoms with Gasteiger partial charge < -0.3 is 23.9 Å². The average Bonchev–Trinajstić information content (AvgIpc) is 3.31. The van der Waals surface area contributed by atoms with Crippen molar-refractivity contribution in [2.45, 2.75) is 12.6 Å². The van der Waals surface area contributed by atoms with Gasteiger partial charge in [-0.05, 0) is 29.8 Å². The molecule has 0 spiro atoms. The molecule has 1 heterocycles. The molecule has 7 nitrogen and oxygen atoms in total. The van der Waals surface area contributed by atoms with Crippen LogP contribution in [0.1, 0.15) is 27.8 Å². The number of benzene rings is 2. The number of hydrogen-bond donors (Lipinski definition) is 1. The lowest BCUT2D eigenvalue weighted by molar-refractivity contribution is -0.130. The second-order valence-electron chi connectivity index (χ2n) is 6.08. The Hall–Kier alpha value is -3.74. The Kier molecular flexibility index (Phi) is 6.52. The maximum Gasteiger partial charge on any atom is 0.375 e. The molecule has 0 aliphatic heterocycles. The molecule has 0 radical (unpaired) electrons. The fraction of sp³-hybridized carbons (Fsp3) is 0.182. The second kappa shape index (κ2) is 9.45. The van der Waals surface area contributed by atoms with Crippen LogP contribution < -0.4 is 14.8 Å². The van der Waals surface area contributed by atoms with Crippen LogP contribution in [0.3, 0.4) is 0 Å². The van der Waals surface area contributed by atoms with Crippen molar-refractivity contribution in [3.8, 4) is 11.5 Å². The van der Waals surface area contributed by atoms with Gasteiger partial charge in [-0.3, -0.25) is 4.79 Å². The zero-order valence-corrected chi connectivity index (χ0v) is 16.1. The van der Waals surface area contributed by atoms with Gasteiger partial charge in [0.05, 0.1) is 20.5 Å². The van der Waals surface area contributed by atoms with E-state index in [0.29, 0.717) is 23.6 Å².